The van der Waals surface area contributed by atoms with E-state index < -0.39 is 0 Å². The van der Waals surface area contributed by atoms with Crippen LogP contribution in [0.4, 0.5) is 11.8 Å². The SMILES string of the molecule is CC(C)c1ccc2ncnc(N3CCCC(c4nnc(N)o4)C3)c2c1. The standard InChI is InChI=1S/C18H22N6O/c1-11(2)12-5-6-15-14(8-12)16(21-10-20-15)24-7-3-4-13(9-24)17-22-23-18(19)25-17/h5-6,8,10-11,13H,3-4,7,9H2,1-2H3,(H2,19,23). The molecule has 0 radical (unpaired) electrons. The predicted octanol–water partition coefficient (Wildman–Crippen LogP) is 3.10. The summed E-state index contributed by atoms with van der Waals surface area (Å²) in [4.78, 5) is 11.3. The number of piperidine rings is 1. The highest BCUT2D eigenvalue weighted by molar-refractivity contribution is 5.90. The monoisotopic (exact) mass is 338 g/mol. The number of nitrogens with two attached hydrogens (primary N) is 1. The fourth-order valence-corrected chi connectivity index (χ4v) is 3.45. The molecule has 4 rings (SSSR count). The minimum atomic E-state index is 0.126. The lowest BCUT2D eigenvalue weighted by Crippen LogP contribution is -2.35. The van der Waals surface area contributed by atoms with Gasteiger partial charge in [0.15, 0.2) is 0 Å². The zero-order chi connectivity index (χ0) is 17.4. The van der Waals surface area contributed by atoms with E-state index in [9.17, 15) is 0 Å². The molecule has 0 amide bonds. The number of fused-ring (bicyclic) bond motifs is 1. The van der Waals surface area contributed by atoms with Crippen molar-refractivity contribution in [3.05, 3.63) is 36.0 Å². The number of anilines is 2. The Morgan fingerprint density at radius 3 is 2.88 bits per heavy atom. The van der Waals surface area contributed by atoms with E-state index in [1.807, 2.05) is 0 Å². The third-order valence-corrected chi connectivity index (χ3v) is 4.83. The average Bonchev–Trinajstić information content (AvgIpc) is 3.07. The van der Waals surface area contributed by atoms with Crippen LogP contribution in [0.25, 0.3) is 10.9 Å². The molecule has 7 nitrogen and oxygen atoms in total. The highest BCUT2D eigenvalue weighted by atomic mass is 16.4. The van der Waals surface area contributed by atoms with Crippen molar-refractivity contribution in [2.45, 2.75) is 38.5 Å². The molecule has 0 bridgehead atoms. The number of benzene rings is 1. The highest BCUT2D eigenvalue weighted by Crippen LogP contribution is 2.32. The van der Waals surface area contributed by atoms with Crippen LogP contribution in [0.3, 0.4) is 0 Å². The van der Waals surface area contributed by atoms with Crippen molar-refractivity contribution >= 4 is 22.7 Å². The van der Waals surface area contributed by atoms with Gasteiger partial charge in [-0.05, 0) is 36.5 Å². The van der Waals surface area contributed by atoms with Crippen LogP contribution in [0.15, 0.2) is 28.9 Å². The third kappa shape index (κ3) is 3.01. The van der Waals surface area contributed by atoms with E-state index in [1.54, 1.807) is 6.33 Å². The van der Waals surface area contributed by atoms with E-state index in [-0.39, 0.29) is 11.9 Å². The van der Waals surface area contributed by atoms with Gasteiger partial charge in [0.05, 0.1) is 11.4 Å². The molecule has 1 aromatic carbocycles. The van der Waals surface area contributed by atoms with Crippen LogP contribution in [0, 0.1) is 0 Å². The molecule has 0 aliphatic carbocycles. The summed E-state index contributed by atoms with van der Waals surface area (Å²) in [6.07, 6.45) is 3.70. The Labute approximate surface area is 146 Å². The number of nitrogen functional groups attached to an aromatic ring is 1. The molecule has 1 saturated heterocycles. The summed E-state index contributed by atoms with van der Waals surface area (Å²) in [6, 6.07) is 6.56. The maximum atomic E-state index is 5.58. The maximum Gasteiger partial charge on any atom is 0.312 e. The van der Waals surface area contributed by atoms with Crippen LogP contribution in [0.5, 0.6) is 0 Å². The number of aromatic nitrogens is 4. The Morgan fingerprint density at radius 2 is 2.12 bits per heavy atom. The molecule has 1 unspecified atom stereocenters. The van der Waals surface area contributed by atoms with Gasteiger partial charge in [-0.3, -0.25) is 0 Å². The van der Waals surface area contributed by atoms with Crippen molar-refractivity contribution in [1.29, 1.82) is 0 Å². The van der Waals surface area contributed by atoms with Gasteiger partial charge < -0.3 is 15.1 Å². The number of hydrogen-bond acceptors (Lipinski definition) is 7. The number of hydrogen-bond donors (Lipinski definition) is 1. The van der Waals surface area contributed by atoms with Crippen LogP contribution in [-0.4, -0.2) is 33.3 Å². The first-order chi connectivity index (χ1) is 12.1. The summed E-state index contributed by atoms with van der Waals surface area (Å²) in [7, 11) is 0. The normalized spacial score (nSPS) is 18.2. The fraction of sp³-hybridized carbons (Fsp3) is 0.444. The minimum Gasteiger partial charge on any atom is -0.408 e. The molecule has 25 heavy (non-hydrogen) atoms. The van der Waals surface area contributed by atoms with E-state index in [1.165, 1.54) is 5.56 Å². The van der Waals surface area contributed by atoms with Crippen molar-refractivity contribution in [2.75, 3.05) is 23.7 Å². The van der Waals surface area contributed by atoms with Crippen LogP contribution in [0.1, 0.15) is 50.0 Å². The lowest BCUT2D eigenvalue weighted by molar-refractivity contribution is 0.405. The van der Waals surface area contributed by atoms with Crippen LogP contribution < -0.4 is 10.6 Å². The van der Waals surface area contributed by atoms with Crippen molar-refractivity contribution < 1.29 is 4.42 Å². The second-order valence-electron chi connectivity index (χ2n) is 6.89. The van der Waals surface area contributed by atoms with Crippen LogP contribution >= 0.6 is 0 Å². The Balaban J connectivity index is 1.69. The molecule has 1 fully saturated rings. The minimum absolute atomic E-state index is 0.126. The smallest absolute Gasteiger partial charge is 0.312 e. The lowest BCUT2D eigenvalue weighted by Gasteiger charge is -2.32. The molecular weight excluding hydrogens is 316 g/mol. The van der Waals surface area contributed by atoms with Gasteiger partial charge in [0, 0.05) is 18.5 Å². The molecule has 2 aromatic heterocycles. The van der Waals surface area contributed by atoms with Gasteiger partial charge >= 0.3 is 6.01 Å². The zero-order valence-electron chi connectivity index (χ0n) is 14.5. The topological polar surface area (TPSA) is 94.0 Å². The zero-order valence-corrected chi connectivity index (χ0v) is 14.5. The van der Waals surface area contributed by atoms with Gasteiger partial charge in [-0.1, -0.05) is 25.0 Å². The molecule has 1 atom stereocenters. The molecule has 7 heteroatoms. The Kier molecular flexibility index (Phi) is 3.99. The second-order valence-corrected chi connectivity index (χ2v) is 6.89. The first-order valence-electron chi connectivity index (χ1n) is 8.70. The van der Waals surface area contributed by atoms with Crippen molar-refractivity contribution in [3.63, 3.8) is 0 Å². The summed E-state index contributed by atoms with van der Waals surface area (Å²) in [5.41, 5.74) is 7.84. The predicted molar refractivity (Wildman–Crippen MR) is 96.5 cm³/mol. The van der Waals surface area contributed by atoms with Crippen LogP contribution in [-0.2, 0) is 0 Å². The number of rotatable bonds is 3. The number of nitrogens with zero attached hydrogens (tertiary/aromatic N) is 5. The first-order valence-corrected chi connectivity index (χ1v) is 8.70. The van der Waals surface area contributed by atoms with Gasteiger partial charge in [-0.25, -0.2) is 9.97 Å². The van der Waals surface area contributed by atoms with Crippen molar-refractivity contribution in [2.24, 2.45) is 0 Å². The van der Waals surface area contributed by atoms with Gasteiger partial charge in [-0.15, -0.1) is 5.10 Å². The molecular formula is C18H22N6O. The summed E-state index contributed by atoms with van der Waals surface area (Å²) in [5, 5.41) is 8.95. The van der Waals surface area contributed by atoms with Gasteiger partial charge in [0.1, 0.15) is 12.1 Å². The lowest BCUT2D eigenvalue weighted by atomic mass is 9.97. The summed E-state index contributed by atoms with van der Waals surface area (Å²) >= 11 is 0. The molecule has 1 aliphatic heterocycles. The Morgan fingerprint density at radius 1 is 1.24 bits per heavy atom. The van der Waals surface area contributed by atoms with E-state index >= 15 is 0 Å². The van der Waals surface area contributed by atoms with Gasteiger partial charge in [-0.2, -0.15) is 0 Å². The third-order valence-electron chi connectivity index (χ3n) is 4.83. The largest absolute Gasteiger partial charge is 0.408 e. The quantitative estimate of drug-likeness (QED) is 0.784. The maximum absolute atomic E-state index is 5.58. The van der Waals surface area contributed by atoms with E-state index in [0.717, 1.165) is 42.7 Å². The Hall–Kier alpha value is -2.70. The van der Waals surface area contributed by atoms with Crippen molar-refractivity contribution in [3.8, 4) is 0 Å². The Bertz CT molecular complexity index is 890. The molecule has 0 saturated carbocycles. The fourth-order valence-electron chi connectivity index (χ4n) is 3.45. The van der Waals surface area contributed by atoms with E-state index in [0.29, 0.717) is 11.8 Å². The van der Waals surface area contributed by atoms with Crippen LogP contribution in [0.2, 0.25) is 0 Å². The van der Waals surface area contributed by atoms with Gasteiger partial charge in [0.2, 0.25) is 5.89 Å². The summed E-state index contributed by atoms with van der Waals surface area (Å²) in [5.74, 6) is 2.23. The molecule has 130 valence electrons. The molecule has 3 aromatic rings. The molecule has 0 spiro atoms. The van der Waals surface area contributed by atoms with Gasteiger partial charge in [0.25, 0.3) is 0 Å². The van der Waals surface area contributed by atoms with Crippen molar-refractivity contribution in [1.82, 2.24) is 20.2 Å². The summed E-state index contributed by atoms with van der Waals surface area (Å²) in [6.45, 7) is 6.14. The van der Waals surface area contributed by atoms with E-state index in [2.05, 4.69) is 57.1 Å². The highest BCUT2D eigenvalue weighted by Gasteiger charge is 2.27. The second kappa shape index (κ2) is 6.31. The summed E-state index contributed by atoms with van der Waals surface area (Å²) < 4.78 is 5.44. The molecule has 1 aliphatic rings. The average molecular weight is 338 g/mol. The molecule has 2 N–H and O–H groups in total. The molecule has 3 heterocycles. The van der Waals surface area contributed by atoms with E-state index in [4.69, 9.17) is 10.2 Å². The first kappa shape index (κ1) is 15.8.